The number of benzene rings is 1. The van der Waals surface area contributed by atoms with Crippen LogP contribution in [0.1, 0.15) is 31.7 Å². The Labute approximate surface area is 122 Å². The molecule has 0 bridgehead atoms. The van der Waals surface area contributed by atoms with Crippen LogP contribution in [0.4, 0.5) is 5.69 Å². The minimum atomic E-state index is -0.0737. The largest absolute Gasteiger partial charge is 0.393 e. The summed E-state index contributed by atoms with van der Waals surface area (Å²) >= 11 is 0. The van der Waals surface area contributed by atoms with E-state index in [1.807, 2.05) is 0 Å². The number of hydrogen-bond donors (Lipinski definition) is 2. The molecule has 1 saturated carbocycles. The highest BCUT2D eigenvalue weighted by Crippen LogP contribution is 2.40. The van der Waals surface area contributed by atoms with E-state index in [4.69, 9.17) is 0 Å². The third kappa shape index (κ3) is 2.70. The Bertz CT molecular complexity index is 448. The molecule has 20 heavy (non-hydrogen) atoms. The van der Waals surface area contributed by atoms with Crippen molar-refractivity contribution in [2.45, 2.75) is 38.8 Å². The fourth-order valence-corrected chi connectivity index (χ4v) is 3.80. The van der Waals surface area contributed by atoms with Crippen LogP contribution >= 0.6 is 0 Å². The van der Waals surface area contributed by atoms with Crippen molar-refractivity contribution in [3.05, 3.63) is 29.8 Å². The van der Waals surface area contributed by atoms with Gasteiger partial charge >= 0.3 is 0 Å². The lowest BCUT2D eigenvalue weighted by molar-refractivity contribution is 0.133. The molecular weight excluding hydrogens is 248 g/mol. The number of hydrogen-bond acceptors (Lipinski definition) is 3. The number of rotatable bonds is 5. The van der Waals surface area contributed by atoms with Gasteiger partial charge < -0.3 is 15.3 Å². The van der Waals surface area contributed by atoms with E-state index in [1.54, 1.807) is 0 Å². The number of aliphatic hydroxyl groups excluding tert-OH is 1. The Hall–Kier alpha value is -1.06. The first-order valence-electron chi connectivity index (χ1n) is 8.01. The number of fused-ring (bicyclic) bond motifs is 1. The van der Waals surface area contributed by atoms with E-state index >= 15 is 0 Å². The van der Waals surface area contributed by atoms with Gasteiger partial charge in [-0.15, -0.1) is 0 Å². The van der Waals surface area contributed by atoms with Gasteiger partial charge in [0.25, 0.3) is 0 Å². The molecule has 2 fully saturated rings. The lowest BCUT2D eigenvalue weighted by Crippen LogP contribution is -2.26. The van der Waals surface area contributed by atoms with E-state index in [2.05, 4.69) is 41.4 Å². The quantitative estimate of drug-likeness (QED) is 0.809. The van der Waals surface area contributed by atoms with Gasteiger partial charge in [-0.25, -0.2) is 0 Å². The van der Waals surface area contributed by atoms with E-state index < -0.39 is 0 Å². The normalized spacial score (nSPS) is 28.9. The molecule has 3 rings (SSSR count). The highest BCUT2D eigenvalue weighted by atomic mass is 16.3. The van der Waals surface area contributed by atoms with Crippen molar-refractivity contribution in [1.82, 2.24) is 5.32 Å². The van der Waals surface area contributed by atoms with Gasteiger partial charge in [0.05, 0.1) is 6.10 Å². The predicted octanol–water partition coefficient (Wildman–Crippen LogP) is 2.39. The van der Waals surface area contributed by atoms with Crippen LogP contribution in [0.2, 0.25) is 0 Å². The van der Waals surface area contributed by atoms with Crippen molar-refractivity contribution in [3.8, 4) is 0 Å². The highest BCUT2D eigenvalue weighted by Gasteiger charge is 2.42. The van der Waals surface area contributed by atoms with E-state index in [0.717, 1.165) is 32.6 Å². The van der Waals surface area contributed by atoms with Gasteiger partial charge in [0.15, 0.2) is 0 Å². The Morgan fingerprint density at radius 3 is 2.90 bits per heavy atom. The monoisotopic (exact) mass is 274 g/mol. The molecule has 1 saturated heterocycles. The van der Waals surface area contributed by atoms with E-state index in [9.17, 15) is 5.11 Å². The van der Waals surface area contributed by atoms with E-state index in [0.29, 0.717) is 11.8 Å². The summed E-state index contributed by atoms with van der Waals surface area (Å²) in [5.41, 5.74) is 2.74. The second-order valence-corrected chi connectivity index (χ2v) is 6.28. The molecule has 110 valence electrons. The topological polar surface area (TPSA) is 35.5 Å². The van der Waals surface area contributed by atoms with Gasteiger partial charge in [0.2, 0.25) is 0 Å². The standard InChI is InChI=1S/C17H26N2O/c1-2-9-18-10-13-5-3-4-6-16(13)19-11-14-7-8-17(20)15(14)12-19/h3-6,14-15,17-18,20H,2,7-12H2,1H3. The smallest absolute Gasteiger partial charge is 0.0588 e. The zero-order valence-electron chi connectivity index (χ0n) is 12.4. The molecule has 3 heteroatoms. The lowest BCUT2D eigenvalue weighted by Gasteiger charge is -2.23. The molecule has 1 aromatic rings. The van der Waals surface area contributed by atoms with Crippen LogP contribution < -0.4 is 10.2 Å². The molecule has 0 amide bonds. The van der Waals surface area contributed by atoms with Gasteiger partial charge in [-0.1, -0.05) is 25.1 Å². The maximum absolute atomic E-state index is 10.1. The summed E-state index contributed by atoms with van der Waals surface area (Å²) in [6, 6.07) is 8.71. The van der Waals surface area contributed by atoms with Crippen LogP contribution in [-0.2, 0) is 6.54 Å². The maximum atomic E-state index is 10.1. The molecule has 3 unspecified atom stereocenters. The first kappa shape index (κ1) is 13.9. The minimum Gasteiger partial charge on any atom is -0.393 e. The Morgan fingerprint density at radius 1 is 1.25 bits per heavy atom. The first-order chi connectivity index (χ1) is 9.79. The zero-order chi connectivity index (χ0) is 13.9. The molecule has 2 N–H and O–H groups in total. The van der Waals surface area contributed by atoms with Crippen LogP contribution in [0.25, 0.3) is 0 Å². The molecular formula is C17H26N2O. The van der Waals surface area contributed by atoms with Crippen molar-refractivity contribution in [3.63, 3.8) is 0 Å². The average Bonchev–Trinajstić information content (AvgIpc) is 3.02. The third-order valence-electron chi connectivity index (χ3n) is 4.89. The zero-order valence-corrected chi connectivity index (χ0v) is 12.4. The summed E-state index contributed by atoms with van der Waals surface area (Å²) in [4.78, 5) is 2.49. The van der Waals surface area contributed by atoms with Crippen molar-refractivity contribution in [1.29, 1.82) is 0 Å². The summed E-state index contributed by atoms with van der Waals surface area (Å²) in [5.74, 6) is 1.19. The second kappa shape index (κ2) is 6.15. The summed E-state index contributed by atoms with van der Waals surface area (Å²) in [5, 5.41) is 13.6. The van der Waals surface area contributed by atoms with Crippen LogP contribution in [0, 0.1) is 11.8 Å². The van der Waals surface area contributed by atoms with Crippen molar-refractivity contribution >= 4 is 5.69 Å². The molecule has 2 aliphatic rings. The summed E-state index contributed by atoms with van der Waals surface area (Å²) in [6.07, 6.45) is 3.29. The summed E-state index contributed by atoms with van der Waals surface area (Å²) in [6.45, 7) is 6.35. The van der Waals surface area contributed by atoms with Gasteiger partial charge in [0, 0.05) is 31.2 Å². The van der Waals surface area contributed by atoms with E-state index in [1.165, 1.54) is 24.1 Å². The first-order valence-corrected chi connectivity index (χ1v) is 8.01. The van der Waals surface area contributed by atoms with Gasteiger partial charge in [-0.2, -0.15) is 0 Å². The van der Waals surface area contributed by atoms with Crippen molar-refractivity contribution < 1.29 is 5.11 Å². The number of para-hydroxylation sites is 1. The summed E-state index contributed by atoms with van der Waals surface area (Å²) in [7, 11) is 0. The van der Waals surface area contributed by atoms with Crippen LogP contribution in [0.5, 0.6) is 0 Å². The van der Waals surface area contributed by atoms with Crippen molar-refractivity contribution in [2.24, 2.45) is 11.8 Å². The molecule has 1 heterocycles. The molecule has 1 aliphatic heterocycles. The predicted molar refractivity (Wildman–Crippen MR) is 82.9 cm³/mol. The summed E-state index contributed by atoms with van der Waals surface area (Å²) < 4.78 is 0. The van der Waals surface area contributed by atoms with Gasteiger partial charge in [0.1, 0.15) is 0 Å². The highest BCUT2D eigenvalue weighted by molar-refractivity contribution is 5.54. The lowest BCUT2D eigenvalue weighted by atomic mass is 10.00. The Morgan fingerprint density at radius 2 is 2.10 bits per heavy atom. The molecule has 0 radical (unpaired) electrons. The van der Waals surface area contributed by atoms with Crippen LogP contribution in [0.3, 0.4) is 0 Å². The number of nitrogens with zero attached hydrogens (tertiary/aromatic N) is 1. The van der Waals surface area contributed by atoms with Gasteiger partial charge in [-0.05, 0) is 43.4 Å². The molecule has 3 atom stereocenters. The SMILES string of the molecule is CCCNCc1ccccc1N1CC2CCC(O)C2C1. The second-order valence-electron chi connectivity index (χ2n) is 6.28. The number of anilines is 1. The third-order valence-corrected chi connectivity index (χ3v) is 4.89. The number of aliphatic hydroxyl groups is 1. The molecule has 0 spiro atoms. The molecule has 3 nitrogen and oxygen atoms in total. The molecule has 0 aromatic heterocycles. The Kier molecular flexibility index (Phi) is 4.27. The average molecular weight is 274 g/mol. The van der Waals surface area contributed by atoms with Crippen LogP contribution in [0.15, 0.2) is 24.3 Å². The Balaban J connectivity index is 1.71. The maximum Gasteiger partial charge on any atom is 0.0588 e. The van der Waals surface area contributed by atoms with Gasteiger partial charge in [-0.3, -0.25) is 0 Å². The van der Waals surface area contributed by atoms with E-state index in [-0.39, 0.29) is 6.10 Å². The molecule has 1 aliphatic carbocycles. The van der Waals surface area contributed by atoms with Crippen molar-refractivity contribution in [2.75, 3.05) is 24.5 Å². The fourth-order valence-electron chi connectivity index (χ4n) is 3.80. The fraction of sp³-hybridized carbons (Fsp3) is 0.647. The number of nitrogens with one attached hydrogen (secondary N) is 1. The minimum absolute atomic E-state index is 0.0737. The van der Waals surface area contributed by atoms with Crippen LogP contribution in [-0.4, -0.2) is 30.8 Å². The molecule has 1 aromatic carbocycles.